The van der Waals surface area contributed by atoms with E-state index in [1.807, 2.05) is 6.92 Å². The maximum Gasteiger partial charge on any atom is 0.0340 e. The zero-order valence-corrected chi connectivity index (χ0v) is 10.7. The van der Waals surface area contributed by atoms with E-state index in [2.05, 4.69) is 56.5 Å². The first-order valence-electron chi connectivity index (χ1n) is 5.82. The first kappa shape index (κ1) is 14.5. The first-order valence-corrected chi connectivity index (χ1v) is 5.82. The Kier molecular flexibility index (Phi) is 9.12. The van der Waals surface area contributed by atoms with Crippen molar-refractivity contribution in [1.29, 1.82) is 0 Å². The van der Waals surface area contributed by atoms with Gasteiger partial charge in [-0.15, -0.1) is 12.5 Å². The normalized spacial score (nSPS) is 8.19. The molecule has 0 unspecified atom stereocenters. The SMILES string of the molecule is C=CC.CCCC#CCc1cccc(C)c1. The van der Waals surface area contributed by atoms with Crippen LogP contribution in [0.2, 0.25) is 0 Å². The van der Waals surface area contributed by atoms with Crippen LogP contribution in [0.5, 0.6) is 0 Å². The third kappa shape index (κ3) is 7.88. The van der Waals surface area contributed by atoms with E-state index in [1.165, 1.54) is 11.1 Å². The fourth-order valence-corrected chi connectivity index (χ4v) is 1.20. The Labute approximate surface area is 100 Å². The van der Waals surface area contributed by atoms with Crippen LogP contribution in [0.1, 0.15) is 37.8 Å². The summed E-state index contributed by atoms with van der Waals surface area (Å²) in [5, 5.41) is 0. The highest BCUT2D eigenvalue weighted by Gasteiger charge is 1.88. The highest BCUT2D eigenvalue weighted by atomic mass is 13.9. The van der Waals surface area contributed by atoms with Gasteiger partial charge in [0, 0.05) is 12.8 Å². The number of hydrogen-bond acceptors (Lipinski definition) is 0. The molecule has 0 bridgehead atoms. The van der Waals surface area contributed by atoms with Gasteiger partial charge in [-0.1, -0.05) is 48.7 Å². The highest BCUT2D eigenvalue weighted by Crippen LogP contribution is 2.03. The van der Waals surface area contributed by atoms with Gasteiger partial charge in [0.25, 0.3) is 0 Å². The van der Waals surface area contributed by atoms with Gasteiger partial charge in [-0.25, -0.2) is 0 Å². The van der Waals surface area contributed by atoms with Crippen LogP contribution in [0.15, 0.2) is 36.9 Å². The molecular formula is C16H22. The Balaban J connectivity index is 0.000000673. The number of aryl methyl sites for hydroxylation is 1. The summed E-state index contributed by atoms with van der Waals surface area (Å²) in [7, 11) is 0. The molecule has 1 aromatic rings. The average Bonchev–Trinajstić information content (AvgIpc) is 2.26. The second kappa shape index (κ2) is 10.1. The maximum atomic E-state index is 3.36. The quantitative estimate of drug-likeness (QED) is 0.501. The zero-order valence-electron chi connectivity index (χ0n) is 10.7. The Morgan fingerprint density at radius 1 is 1.31 bits per heavy atom. The van der Waals surface area contributed by atoms with E-state index in [1.54, 1.807) is 6.08 Å². The standard InChI is InChI=1S/C13H16.C3H6/c1-3-4-5-6-9-13-10-7-8-12(2)11-13;1-3-2/h7-8,10-11H,3-4,9H2,1-2H3;3H,1H2,2H3. The number of rotatable bonds is 2. The second-order valence-electron chi connectivity index (χ2n) is 3.68. The van der Waals surface area contributed by atoms with Crippen molar-refractivity contribution in [3.8, 4) is 11.8 Å². The molecule has 0 amide bonds. The molecule has 1 aromatic carbocycles. The lowest BCUT2D eigenvalue weighted by atomic mass is 10.1. The van der Waals surface area contributed by atoms with E-state index in [0.29, 0.717) is 0 Å². The lowest BCUT2D eigenvalue weighted by molar-refractivity contribution is 0.981. The minimum Gasteiger partial charge on any atom is -0.103 e. The maximum absolute atomic E-state index is 3.36. The summed E-state index contributed by atoms with van der Waals surface area (Å²) in [4.78, 5) is 0. The minimum atomic E-state index is 0.891. The predicted molar refractivity (Wildman–Crippen MR) is 73.4 cm³/mol. The molecule has 0 aromatic heterocycles. The van der Waals surface area contributed by atoms with Crippen LogP contribution in [-0.2, 0) is 6.42 Å². The van der Waals surface area contributed by atoms with Crippen molar-refractivity contribution >= 4 is 0 Å². The van der Waals surface area contributed by atoms with Crippen molar-refractivity contribution in [3.63, 3.8) is 0 Å². The molecular weight excluding hydrogens is 192 g/mol. The fraction of sp³-hybridized carbons (Fsp3) is 0.375. The molecule has 0 radical (unpaired) electrons. The van der Waals surface area contributed by atoms with Gasteiger partial charge in [0.05, 0.1) is 0 Å². The van der Waals surface area contributed by atoms with Crippen molar-refractivity contribution in [2.45, 2.75) is 40.0 Å². The average molecular weight is 214 g/mol. The van der Waals surface area contributed by atoms with Gasteiger partial charge in [0.2, 0.25) is 0 Å². The number of unbranched alkanes of at least 4 members (excludes halogenated alkanes) is 1. The largest absolute Gasteiger partial charge is 0.103 e. The topological polar surface area (TPSA) is 0 Å². The van der Waals surface area contributed by atoms with E-state index < -0.39 is 0 Å². The van der Waals surface area contributed by atoms with Gasteiger partial charge in [0.15, 0.2) is 0 Å². The van der Waals surface area contributed by atoms with Crippen LogP contribution in [0, 0.1) is 18.8 Å². The summed E-state index contributed by atoms with van der Waals surface area (Å²) >= 11 is 0. The summed E-state index contributed by atoms with van der Waals surface area (Å²) in [6.07, 6.45) is 4.81. The second-order valence-corrected chi connectivity index (χ2v) is 3.68. The third-order valence-corrected chi connectivity index (χ3v) is 1.87. The summed E-state index contributed by atoms with van der Waals surface area (Å²) in [6.45, 7) is 9.52. The predicted octanol–water partition coefficient (Wildman–Crippen LogP) is 4.53. The molecule has 0 N–H and O–H groups in total. The summed E-state index contributed by atoms with van der Waals surface area (Å²) < 4.78 is 0. The molecule has 16 heavy (non-hydrogen) atoms. The van der Waals surface area contributed by atoms with Crippen molar-refractivity contribution in [2.24, 2.45) is 0 Å². The monoisotopic (exact) mass is 214 g/mol. The van der Waals surface area contributed by atoms with Gasteiger partial charge >= 0.3 is 0 Å². The molecule has 0 spiro atoms. The molecule has 0 nitrogen and oxygen atoms in total. The van der Waals surface area contributed by atoms with Crippen molar-refractivity contribution in [1.82, 2.24) is 0 Å². The number of allylic oxidation sites excluding steroid dienone is 1. The van der Waals surface area contributed by atoms with Crippen molar-refractivity contribution in [2.75, 3.05) is 0 Å². The molecule has 0 saturated heterocycles. The lowest BCUT2D eigenvalue weighted by Crippen LogP contribution is -1.81. The number of benzene rings is 1. The van der Waals surface area contributed by atoms with Gasteiger partial charge < -0.3 is 0 Å². The molecule has 0 aliphatic carbocycles. The van der Waals surface area contributed by atoms with Crippen LogP contribution in [-0.4, -0.2) is 0 Å². The van der Waals surface area contributed by atoms with Crippen LogP contribution >= 0.6 is 0 Å². The van der Waals surface area contributed by atoms with Crippen LogP contribution in [0.4, 0.5) is 0 Å². The Bertz CT molecular complexity index is 350. The van der Waals surface area contributed by atoms with E-state index in [9.17, 15) is 0 Å². The highest BCUT2D eigenvalue weighted by molar-refractivity contribution is 5.25. The smallest absolute Gasteiger partial charge is 0.0340 e. The van der Waals surface area contributed by atoms with E-state index >= 15 is 0 Å². The third-order valence-electron chi connectivity index (χ3n) is 1.87. The Morgan fingerprint density at radius 3 is 2.56 bits per heavy atom. The molecule has 0 heteroatoms. The van der Waals surface area contributed by atoms with Crippen LogP contribution < -0.4 is 0 Å². The van der Waals surface area contributed by atoms with Gasteiger partial charge in [-0.05, 0) is 25.8 Å². The van der Waals surface area contributed by atoms with Gasteiger partial charge in [0.1, 0.15) is 0 Å². The van der Waals surface area contributed by atoms with Crippen LogP contribution in [0.25, 0.3) is 0 Å². The van der Waals surface area contributed by atoms with Gasteiger partial charge in [-0.2, -0.15) is 0 Å². The van der Waals surface area contributed by atoms with E-state index in [0.717, 1.165) is 19.3 Å². The Morgan fingerprint density at radius 2 is 2.00 bits per heavy atom. The Hall–Kier alpha value is -1.48. The molecule has 0 saturated carbocycles. The van der Waals surface area contributed by atoms with Crippen molar-refractivity contribution < 1.29 is 0 Å². The first-order chi connectivity index (χ1) is 7.74. The van der Waals surface area contributed by atoms with Crippen LogP contribution in [0.3, 0.4) is 0 Å². The molecule has 0 atom stereocenters. The molecule has 0 aliphatic heterocycles. The van der Waals surface area contributed by atoms with E-state index in [4.69, 9.17) is 0 Å². The molecule has 0 aliphatic rings. The molecule has 1 rings (SSSR count). The summed E-state index contributed by atoms with van der Waals surface area (Å²) in [5.74, 6) is 6.33. The lowest BCUT2D eigenvalue weighted by Gasteiger charge is -1.95. The molecule has 86 valence electrons. The molecule has 0 fully saturated rings. The van der Waals surface area contributed by atoms with Gasteiger partial charge in [-0.3, -0.25) is 0 Å². The zero-order chi connectivity index (χ0) is 12.2. The number of hydrogen-bond donors (Lipinski definition) is 0. The fourth-order valence-electron chi connectivity index (χ4n) is 1.20. The summed E-state index contributed by atoms with van der Waals surface area (Å²) in [6, 6.07) is 8.53. The minimum absolute atomic E-state index is 0.891. The molecule has 0 heterocycles. The van der Waals surface area contributed by atoms with E-state index in [-0.39, 0.29) is 0 Å². The van der Waals surface area contributed by atoms with Crippen molar-refractivity contribution in [3.05, 3.63) is 48.0 Å². The summed E-state index contributed by atoms with van der Waals surface area (Å²) in [5.41, 5.74) is 2.64.